The first-order valence-corrected chi connectivity index (χ1v) is 19.3. The van der Waals surface area contributed by atoms with Crippen molar-refractivity contribution in [3.05, 3.63) is 59.2 Å². The summed E-state index contributed by atoms with van der Waals surface area (Å²) in [5.41, 5.74) is 4.44. The standard InChI is InChI=1S/C32H44N2O5S.C7H16O/c1-22-9-7-8-12-27(22)29-17-23(13-14-28(29)31(35)33-30(32(36)37)15-16-40-3)19-34-20-26(18-24(34)21-38-2)39-25-10-5-4-6-11-25;1-4-6-7(3)8-5-2/h7-9,12-14,17,24-26,30H,4-6,10-11,15-16,18-21H2,1-3H3,(H,33,35)(H,36,37);7H,4-6H2,1-3H3/t24-,26?,30?;/m0./s1. The fourth-order valence-electron chi connectivity index (χ4n) is 6.79. The lowest BCUT2D eigenvalue weighted by Crippen LogP contribution is -2.41. The highest BCUT2D eigenvalue weighted by atomic mass is 32.2. The number of benzene rings is 2. The molecule has 3 unspecified atom stereocenters. The lowest BCUT2D eigenvalue weighted by Gasteiger charge is -2.26. The molecule has 1 heterocycles. The van der Waals surface area contributed by atoms with E-state index >= 15 is 0 Å². The molecule has 48 heavy (non-hydrogen) atoms. The number of likely N-dealkylation sites (tertiary alicyclic amines) is 1. The van der Waals surface area contributed by atoms with E-state index in [4.69, 9.17) is 14.2 Å². The van der Waals surface area contributed by atoms with Crippen molar-refractivity contribution < 1.29 is 28.9 Å². The Morgan fingerprint density at radius 1 is 1.04 bits per heavy atom. The monoisotopic (exact) mass is 684 g/mol. The first-order valence-electron chi connectivity index (χ1n) is 17.9. The number of methoxy groups -OCH3 is 1. The van der Waals surface area contributed by atoms with Gasteiger partial charge in [-0.25, -0.2) is 4.79 Å². The Labute approximate surface area is 293 Å². The maximum absolute atomic E-state index is 13.4. The van der Waals surface area contributed by atoms with Crippen molar-refractivity contribution in [2.75, 3.05) is 38.9 Å². The lowest BCUT2D eigenvalue weighted by atomic mass is 9.93. The molecule has 0 radical (unpaired) electrons. The molecule has 8 nitrogen and oxygen atoms in total. The van der Waals surface area contributed by atoms with E-state index in [-0.39, 0.29) is 18.1 Å². The Hall–Kier alpha value is -2.43. The van der Waals surface area contributed by atoms with Crippen LogP contribution in [0.5, 0.6) is 0 Å². The van der Waals surface area contributed by atoms with Gasteiger partial charge in [0.05, 0.1) is 24.9 Å². The number of thioether (sulfide) groups is 1. The van der Waals surface area contributed by atoms with E-state index in [0.29, 0.717) is 36.6 Å². The summed E-state index contributed by atoms with van der Waals surface area (Å²) in [4.78, 5) is 27.7. The zero-order valence-electron chi connectivity index (χ0n) is 30.2. The van der Waals surface area contributed by atoms with E-state index in [1.165, 1.54) is 32.1 Å². The smallest absolute Gasteiger partial charge is 0.326 e. The highest BCUT2D eigenvalue weighted by Crippen LogP contribution is 2.31. The summed E-state index contributed by atoms with van der Waals surface area (Å²) >= 11 is 1.57. The number of carbonyl (C=O) groups is 2. The van der Waals surface area contributed by atoms with Crippen LogP contribution in [-0.2, 0) is 25.5 Å². The Kier molecular flexibility index (Phi) is 18.0. The van der Waals surface area contributed by atoms with Gasteiger partial charge in [0, 0.05) is 38.4 Å². The minimum atomic E-state index is -1.01. The highest BCUT2D eigenvalue weighted by Gasteiger charge is 2.34. The number of hydrogen-bond acceptors (Lipinski definition) is 7. The van der Waals surface area contributed by atoms with Crippen molar-refractivity contribution in [2.24, 2.45) is 0 Å². The van der Waals surface area contributed by atoms with Gasteiger partial charge < -0.3 is 24.6 Å². The number of aliphatic carboxylic acids is 1. The SMILES string of the molecule is CCCC(C)OCC.COC[C@@H]1CC(OC2CCCCC2)CN1Cc1ccc(C(=O)NC(CCSC)C(=O)O)c(-c2ccccc2C)c1. The van der Waals surface area contributed by atoms with Crippen molar-refractivity contribution in [2.45, 2.75) is 122 Å². The summed E-state index contributed by atoms with van der Waals surface area (Å²) in [7, 11) is 1.75. The second-order valence-corrected chi connectivity index (χ2v) is 14.2. The third-order valence-electron chi connectivity index (χ3n) is 9.30. The quantitative estimate of drug-likeness (QED) is 0.175. The fourth-order valence-corrected chi connectivity index (χ4v) is 7.26. The van der Waals surface area contributed by atoms with Crippen molar-refractivity contribution >= 4 is 23.6 Å². The number of carboxylic acids is 1. The number of aryl methyl sites for hydroxylation is 1. The average Bonchev–Trinajstić information content (AvgIpc) is 3.44. The minimum Gasteiger partial charge on any atom is -0.480 e. The molecule has 0 spiro atoms. The van der Waals surface area contributed by atoms with Crippen LogP contribution < -0.4 is 5.32 Å². The van der Waals surface area contributed by atoms with Gasteiger partial charge in [-0.3, -0.25) is 9.69 Å². The van der Waals surface area contributed by atoms with Crippen LogP contribution in [0.1, 0.15) is 100 Å². The summed E-state index contributed by atoms with van der Waals surface area (Å²) in [5, 5.41) is 12.4. The van der Waals surface area contributed by atoms with E-state index < -0.39 is 12.0 Å². The molecule has 4 rings (SSSR count). The number of nitrogens with one attached hydrogen (secondary N) is 1. The van der Waals surface area contributed by atoms with Crippen molar-refractivity contribution in [3.8, 4) is 11.1 Å². The number of amides is 1. The molecule has 0 bridgehead atoms. The van der Waals surface area contributed by atoms with Crippen molar-refractivity contribution in [1.29, 1.82) is 0 Å². The van der Waals surface area contributed by atoms with Crippen molar-refractivity contribution in [3.63, 3.8) is 0 Å². The maximum Gasteiger partial charge on any atom is 0.326 e. The Balaban J connectivity index is 0.000000694. The zero-order chi connectivity index (χ0) is 34.9. The summed E-state index contributed by atoms with van der Waals surface area (Å²) in [6, 6.07) is 13.3. The van der Waals surface area contributed by atoms with E-state index in [1.54, 1.807) is 18.9 Å². The van der Waals surface area contributed by atoms with Crippen LogP contribution in [0.2, 0.25) is 0 Å². The van der Waals surface area contributed by atoms with Gasteiger partial charge >= 0.3 is 5.97 Å². The highest BCUT2D eigenvalue weighted by molar-refractivity contribution is 7.98. The summed E-state index contributed by atoms with van der Waals surface area (Å²) in [5.74, 6) is -0.720. The topological polar surface area (TPSA) is 97.3 Å². The molecule has 1 aliphatic carbocycles. The van der Waals surface area contributed by atoms with Gasteiger partial charge in [-0.05, 0) is 99.3 Å². The summed E-state index contributed by atoms with van der Waals surface area (Å²) in [6.07, 6.45) is 12.9. The molecule has 2 fully saturated rings. The number of nitrogens with zero attached hydrogens (tertiary/aromatic N) is 1. The van der Waals surface area contributed by atoms with Gasteiger partial charge in [-0.2, -0.15) is 11.8 Å². The number of carbonyl (C=O) groups excluding carboxylic acids is 1. The summed E-state index contributed by atoms with van der Waals surface area (Å²) < 4.78 is 17.4. The van der Waals surface area contributed by atoms with Gasteiger partial charge in [0.25, 0.3) is 5.91 Å². The molecular weight excluding hydrogens is 625 g/mol. The van der Waals surface area contributed by atoms with Crippen LogP contribution in [0.4, 0.5) is 0 Å². The Morgan fingerprint density at radius 3 is 2.44 bits per heavy atom. The third kappa shape index (κ3) is 12.8. The number of hydrogen-bond donors (Lipinski definition) is 2. The molecule has 2 N–H and O–H groups in total. The molecule has 2 aliphatic rings. The van der Waals surface area contributed by atoms with Crippen LogP contribution in [0, 0.1) is 6.92 Å². The first kappa shape index (κ1) is 40.0. The van der Waals surface area contributed by atoms with E-state index in [2.05, 4.69) is 30.1 Å². The van der Waals surface area contributed by atoms with E-state index in [9.17, 15) is 14.7 Å². The predicted molar refractivity (Wildman–Crippen MR) is 197 cm³/mol. The molecule has 0 aromatic heterocycles. The average molecular weight is 685 g/mol. The van der Waals surface area contributed by atoms with Gasteiger partial charge in [0.2, 0.25) is 0 Å². The predicted octanol–water partition coefficient (Wildman–Crippen LogP) is 7.75. The molecule has 268 valence electrons. The lowest BCUT2D eigenvalue weighted by molar-refractivity contribution is -0.139. The number of ether oxygens (including phenoxy) is 3. The van der Waals surface area contributed by atoms with Crippen LogP contribution in [-0.4, -0.2) is 91.2 Å². The zero-order valence-corrected chi connectivity index (χ0v) is 31.0. The van der Waals surface area contributed by atoms with Crippen LogP contribution in [0.3, 0.4) is 0 Å². The number of carboxylic acid groups (broad SMARTS) is 1. The van der Waals surface area contributed by atoms with Gasteiger partial charge in [0.15, 0.2) is 0 Å². The van der Waals surface area contributed by atoms with Crippen molar-refractivity contribution in [1.82, 2.24) is 10.2 Å². The molecular formula is C39H60N2O6S. The molecule has 1 saturated heterocycles. The molecule has 2 aromatic carbocycles. The van der Waals surface area contributed by atoms with E-state index in [1.807, 2.05) is 56.5 Å². The largest absolute Gasteiger partial charge is 0.480 e. The van der Waals surface area contributed by atoms with Gasteiger partial charge in [-0.1, -0.05) is 62.9 Å². The maximum atomic E-state index is 13.4. The van der Waals surface area contributed by atoms with Gasteiger partial charge in [0.1, 0.15) is 6.04 Å². The normalized spacial score (nSPS) is 19.7. The second-order valence-electron chi connectivity index (χ2n) is 13.2. The fraction of sp³-hybridized carbons (Fsp3) is 0.641. The molecule has 1 saturated carbocycles. The molecule has 1 aliphatic heterocycles. The van der Waals surface area contributed by atoms with Crippen LogP contribution >= 0.6 is 11.8 Å². The summed E-state index contributed by atoms with van der Waals surface area (Å²) in [6.45, 7) is 11.5. The second kappa shape index (κ2) is 21.6. The minimum absolute atomic E-state index is 0.207. The van der Waals surface area contributed by atoms with Crippen LogP contribution in [0.15, 0.2) is 42.5 Å². The molecule has 2 aromatic rings. The van der Waals surface area contributed by atoms with Crippen LogP contribution in [0.25, 0.3) is 11.1 Å². The van der Waals surface area contributed by atoms with E-state index in [0.717, 1.165) is 61.2 Å². The molecule has 1 amide bonds. The first-order chi connectivity index (χ1) is 23.2. The number of rotatable bonds is 17. The third-order valence-corrected chi connectivity index (χ3v) is 9.94. The Morgan fingerprint density at radius 2 is 1.79 bits per heavy atom. The molecule has 9 heteroatoms. The molecule has 4 atom stereocenters. The van der Waals surface area contributed by atoms with Gasteiger partial charge in [-0.15, -0.1) is 0 Å². The Bertz CT molecular complexity index is 1250.